The highest BCUT2D eigenvalue weighted by Gasteiger charge is 2.26. The van der Waals surface area contributed by atoms with Crippen LogP contribution in [0.3, 0.4) is 0 Å². The normalized spacial score (nSPS) is 13.7. The molecule has 1 unspecified atom stereocenters. The molecule has 0 spiro atoms. The standard InChI is InChI=1S/C13H24N2O3S/c1-6-9(2)7-15-19(16,17)13-11(4)18-10(3)12(13)8-14-5/h9,14-15H,6-8H2,1-5H3. The Kier molecular flexibility index (Phi) is 5.58. The van der Waals surface area contributed by atoms with Gasteiger partial charge in [0.05, 0.1) is 0 Å². The molecule has 0 radical (unpaired) electrons. The summed E-state index contributed by atoms with van der Waals surface area (Å²) in [5.74, 6) is 1.41. The van der Waals surface area contributed by atoms with Crippen LogP contribution < -0.4 is 10.0 Å². The fraction of sp³-hybridized carbons (Fsp3) is 0.692. The summed E-state index contributed by atoms with van der Waals surface area (Å²) >= 11 is 0. The Balaban J connectivity index is 3.07. The number of sulfonamides is 1. The van der Waals surface area contributed by atoms with E-state index in [9.17, 15) is 8.42 Å². The van der Waals surface area contributed by atoms with Crippen LogP contribution in [0.1, 0.15) is 37.4 Å². The Morgan fingerprint density at radius 2 is 1.89 bits per heavy atom. The Labute approximate surface area is 115 Å². The number of rotatable bonds is 7. The molecule has 0 fully saturated rings. The van der Waals surface area contributed by atoms with E-state index >= 15 is 0 Å². The van der Waals surface area contributed by atoms with E-state index in [-0.39, 0.29) is 4.90 Å². The van der Waals surface area contributed by atoms with E-state index in [1.165, 1.54) is 0 Å². The van der Waals surface area contributed by atoms with Crippen molar-refractivity contribution >= 4 is 10.0 Å². The number of hydrogen-bond donors (Lipinski definition) is 2. The molecule has 1 rings (SSSR count). The van der Waals surface area contributed by atoms with Crippen LogP contribution in [0, 0.1) is 19.8 Å². The van der Waals surface area contributed by atoms with Crippen LogP contribution in [-0.4, -0.2) is 22.0 Å². The van der Waals surface area contributed by atoms with Crippen molar-refractivity contribution in [3.63, 3.8) is 0 Å². The zero-order valence-corrected chi connectivity index (χ0v) is 13.1. The second-order valence-electron chi connectivity index (χ2n) is 4.92. The summed E-state index contributed by atoms with van der Waals surface area (Å²) in [7, 11) is -1.73. The molecule has 0 aromatic carbocycles. The molecule has 0 amide bonds. The lowest BCUT2D eigenvalue weighted by Gasteiger charge is -2.11. The van der Waals surface area contributed by atoms with Crippen LogP contribution in [0.5, 0.6) is 0 Å². The first kappa shape index (κ1) is 16.2. The van der Waals surface area contributed by atoms with Crippen molar-refractivity contribution in [3.05, 3.63) is 17.1 Å². The Bertz CT molecular complexity index is 520. The molecule has 1 aromatic rings. The minimum Gasteiger partial charge on any atom is -0.465 e. The maximum absolute atomic E-state index is 12.4. The Morgan fingerprint density at radius 1 is 1.26 bits per heavy atom. The topological polar surface area (TPSA) is 71.3 Å². The molecule has 1 aromatic heterocycles. The van der Waals surface area contributed by atoms with Gasteiger partial charge in [0.15, 0.2) is 0 Å². The number of aryl methyl sites for hydroxylation is 2. The molecular formula is C13H24N2O3S. The van der Waals surface area contributed by atoms with Crippen molar-refractivity contribution in [3.8, 4) is 0 Å². The Morgan fingerprint density at radius 3 is 2.42 bits per heavy atom. The summed E-state index contributed by atoms with van der Waals surface area (Å²) < 4.78 is 32.9. The van der Waals surface area contributed by atoms with Gasteiger partial charge in [-0.2, -0.15) is 0 Å². The van der Waals surface area contributed by atoms with E-state index in [0.29, 0.717) is 36.1 Å². The monoisotopic (exact) mass is 288 g/mol. The van der Waals surface area contributed by atoms with Gasteiger partial charge in [0.25, 0.3) is 0 Å². The third-order valence-electron chi connectivity index (χ3n) is 3.27. The van der Waals surface area contributed by atoms with Crippen LogP contribution in [0.4, 0.5) is 0 Å². The Hall–Kier alpha value is -0.850. The molecule has 1 atom stereocenters. The molecular weight excluding hydrogens is 264 g/mol. The smallest absolute Gasteiger partial charge is 0.244 e. The van der Waals surface area contributed by atoms with Gasteiger partial charge in [0, 0.05) is 18.7 Å². The van der Waals surface area contributed by atoms with Crippen LogP contribution >= 0.6 is 0 Å². The highest BCUT2D eigenvalue weighted by molar-refractivity contribution is 7.89. The summed E-state index contributed by atoms with van der Waals surface area (Å²) in [5, 5.41) is 2.97. The minimum atomic E-state index is -3.51. The molecule has 1 heterocycles. The summed E-state index contributed by atoms with van der Waals surface area (Å²) in [6.45, 7) is 8.45. The quantitative estimate of drug-likeness (QED) is 0.804. The van der Waals surface area contributed by atoms with Gasteiger partial charge in [0.2, 0.25) is 10.0 Å². The lowest BCUT2D eigenvalue weighted by atomic mass is 10.1. The van der Waals surface area contributed by atoms with E-state index in [1.807, 2.05) is 13.8 Å². The van der Waals surface area contributed by atoms with E-state index in [2.05, 4.69) is 10.0 Å². The summed E-state index contributed by atoms with van der Waals surface area (Å²) in [6, 6.07) is 0. The van der Waals surface area contributed by atoms with Crippen LogP contribution in [-0.2, 0) is 16.6 Å². The summed E-state index contributed by atoms with van der Waals surface area (Å²) in [6.07, 6.45) is 0.940. The molecule has 2 N–H and O–H groups in total. The number of nitrogens with one attached hydrogen (secondary N) is 2. The van der Waals surface area contributed by atoms with E-state index < -0.39 is 10.0 Å². The molecule has 5 nitrogen and oxygen atoms in total. The van der Waals surface area contributed by atoms with E-state index in [4.69, 9.17) is 4.42 Å². The van der Waals surface area contributed by atoms with Crippen molar-refractivity contribution < 1.29 is 12.8 Å². The van der Waals surface area contributed by atoms with Crippen molar-refractivity contribution in [1.29, 1.82) is 0 Å². The van der Waals surface area contributed by atoms with Gasteiger partial charge >= 0.3 is 0 Å². The highest BCUT2D eigenvalue weighted by atomic mass is 32.2. The summed E-state index contributed by atoms with van der Waals surface area (Å²) in [4.78, 5) is 0.280. The molecule has 0 bridgehead atoms. The zero-order chi connectivity index (χ0) is 14.6. The second-order valence-corrected chi connectivity index (χ2v) is 6.62. The lowest BCUT2D eigenvalue weighted by molar-refractivity contribution is 0.492. The van der Waals surface area contributed by atoms with Crippen LogP contribution in [0.15, 0.2) is 9.31 Å². The van der Waals surface area contributed by atoms with Gasteiger partial charge in [-0.3, -0.25) is 0 Å². The maximum Gasteiger partial charge on any atom is 0.244 e. The fourth-order valence-electron chi connectivity index (χ4n) is 1.91. The predicted molar refractivity (Wildman–Crippen MR) is 75.6 cm³/mol. The molecule has 6 heteroatoms. The molecule has 0 saturated heterocycles. The number of furan rings is 1. The minimum absolute atomic E-state index is 0.280. The highest BCUT2D eigenvalue weighted by Crippen LogP contribution is 2.26. The third-order valence-corrected chi connectivity index (χ3v) is 4.88. The molecule has 0 aliphatic carbocycles. The zero-order valence-electron chi connectivity index (χ0n) is 12.3. The van der Waals surface area contributed by atoms with Gasteiger partial charge < -0.3 is 9.73 Å². The fourth-order valence-corrected chi connectivity index (χ4v) is 3.52. The maximum atomic E-state index is 12.4. The average Bonchev–Trinajstić information content (AvgIpc) is 2.62. The third kappa shape index (κ3) is 3.81. The van der Waals surface area contributed by atoms with Gasteiger partial charge in [-0.15, -0.1) is 0 Å². The average molecular weight is 288 g/mol. The van der Waals surface area contributed by atoms with Crippen molar-refractivity contribution in [1.82, 2.24) is 10.0 Å². The van der Waals surface area contributed by atoms with Gasteiger partial charge in [-0.25, -0.2) is 13.1 Å². The van der Waals surface area contributed by atoms with Crippen LogP contribution in [0.2, 0.25) is 0 Å². The second kappa shape index (κ2) is 6.54. The van der Waals surface area contributed by atoms with Crippen molar-refractivity contribution in [2.45, 2.75) is 45.6 Å². The van der Waals surface area contributed by atoms with E-state index in [1.54, 1.807) is 20.9 Å². The van der Waals surface area contributed by atoms with Crippen LogP contribution in [0.25, 0.3) is 0 Å². The van der Waals surface area contributed by atoms with Gasteiger partial charge in [0.1, 0.15) is 16.4 Å². The molecule has 110 valence electrons. The lowest BCUT2D eigenvalue weighted by Crippen LogP contribution is -2.29. The molecule has 0 aliphatic heterocycles. The van der Waals surface area contributed by atoms with Crippen molar-refractivity contribution in [2.24, 2.45) is 5.92 Å². The van der Waals surface area contributed by atoms with Gasteiger partial charge in [-0.1, -0.05) is 20.3 Å². The van der Waals surface area contributed by atoms with Crippen molar-refractivity contribution in [2.75, 3.05) is 13.6 Å². The first-order valence-electron chi connectivity index (χ1n) is 6.56. The SMILES string of the molecule is CCC(C)CNS(=O)(=O)c1c(C)oc(C)c1CNC. The van der Waals surface area contributed by atoms with E-state index in [0.717, 1.165) is 6.42 Å². The molecule has 19 heavy (non-hydrogen) atoms. The molecule has 0 aliphatic rings. The first-order valence-corrected chi connectivity index (χ1v) is 8.04. The molecule has 0 saturated carbocycles. The summed E-state index contributed by atoms with van der Waals surface area (Å²) in [5.41, 5.74) is 0.705. The number of hydrogen-bond acceptors (Lipinski definition) is 4. The predicted octanol–water partition coefficient (Wildman–Crippen LogP) is 1.94. The van der Waals surface area contributed by atoms with Gasteiger partial charge in [-0.05, 0) is 26.8 Å². The first-order chi connectivity index (χ1) is 8.83. The largest absolute Gasteiger partial charge is 0.465 e.